The Kier molecular flexibility index (Phi) is 5.90. The highest BCUT2D eigenvalue weighted by atomic mass is 32.2. The zero-order chi connectivity index (χ0) is 21.8. The summed E-state index contributed by atoms with van der Waals surface area (Å²) in [6, 6.07) is 18.9. The molecule has 0 radical (unpaired) electrons. The molecule has 31 heavy (non-hydrogen) atoms. The Labute approximate surface area is 181 Å². The van der Waals surface area contributed by atoms with E-state index in [1.807, 2.05) is 18.2 Å². The summed E-state index contributed by atoms with van der Waals surface area (Å²) in [6.45, 7) is 0.336. The maximum Gasteiger partial charge on any atom is 0.335 e. The highest BCUT2D eigenvalue weighted by molar-refractivity contribution is 8.18. The van der Waals surface area contributed by atoms with Crippen molar-refractivity contribution in [2.45, 2.75) is 0 Å². The van der Waals surface area contributed by atoms with E-state index in [-0.39, 0.29) is 28.9 Å². The highest BCUT2D eigenvalue weighted by Gasteiger charge is 2.35. The molecule has 0 bridgehead atoms. The van der Waals surface area contributed by atoms with E-state index in [9.17, 15) is 14.4 Å². The van der Waals surface area contributed by atoms with Gasteiger partial charge in [-0.2, -0.15) is 0 Å². The molecular weight excluding hydrogens is 418 g/mol. The van der Waals surface area contributed by atoms with Gasteiger partial charge < -0.3 is 14.3 Å². The van der Waals surface area contributed by atoms with Crippen molar-refractivity contribution in [2.75, 3.05) is 13.2 Å². The fourth-order valence-corrected chi connectivity index (χ4v) is 3.83. The number of carbonyl (C=O) groups is 3. The Morgan fingerprint density at radius 3 is 2.65 bits per heavy atom. The predicted molar refractivity (Wildman–Crippen MR) is 116 cm³/mol. The second-order valence-corrected chi connectivity index (χ2v) is 7.58. The van der Waals surface area contributed by atoms with Crippen molar-refractivity contribution in [3.8, 4) is 17.1 Å². The lowest BCUT2D eigenvalue weighted by molar-refractivity contribution is -0.123. The number of hydrogen-bond acceptors (Lipinski definition) is 6. The molecule has 3 aromatic rings. The van der Waals surface area contributed by atoms with Crippen LogP contribution in [0.15, 0.2) is 76.1 Å². The quantitative estimate of drug-likeness (QED) is 0.534. The Balaban J connectivity index is 1.43. The molecule has 4 rings (SSSR count). The van der Waals surface area contributed by atoms with Gasteiger partial charge in [0, 0.05) is 11.6 Å². The molecule has 1 aliphatic rings. The van der Waals surface area contributed by atoms with Crippen molar-refractivity contribution in [1.82, 2.24) is 4.90 Å². The SMILES string of the molecule is O=C(O)c1cccc(-c2ccc(/C=C3\SC(=O)N(CCOc4ccccc4)C3=O)o2)c1. The largest absolute Gasteiger partial charge is 0.492 e. The number of thioether (sulfide) groups is 1. The van der Waals surface area contributed by atoms with Gasteiger partial charge in [0.2, 0.25) is 0 Å². The fraction of sp³-hybridized carbons (Fsp3) is 0.0870. The van der Waals surface area contributed by atoms with E-state index in [1.54, 1.807) is 36.4 Å². The van der Waals surface area contributed by atoms with E-state index >= 15 is 0 Å². The Hall–Kier alpha value is -3.78. The topological polar surface area (TPSA) is 97.0 Å². The fourth-order valence-electron chi connectivity index (χ4n) is 2.98. The first-order valence-corrected chi connectivity index (χ1v) is 10.2. The van der Waals surface area contributed by atoms with Crippen molar-refractivity contribution in [3.63, 3.8) is 0 Å². The monoisotopic (exact) mass is 435 g/mol. The number of carboxylic acid groups (broad SMARTS) is 1. The van der Waals surface area contributed by atoms with Crippen LogP contribution in [0.3, 0.4) is 0 Å². The summed E-state index contributed by atoms with van der Waals surface area (Å²) >= 11 is 0.840. The van der Waals surface area contributed by atoms with Crippen LogP contribution in [0, 0.1) is 0 Å². The van der Waals surface area contributed by atoms with Crippen LogP contribution in [0.1, 0.15) is 16.1 Å². The van der Waals surface area contributed by atoms with Crippen LogP contribution in [0.25, 0.3) is 17.4 Å². The molecule has 1 fully saturated rings. The maximum absolute atomic E-state index is 12.6. The van der Waals surface area contributed by atoms with Crippen LogP contribution in [0.2, 0.25) is 0 Å². The lowest BCUT2D eigenvalue weighted by Crippen LogP contribution is -2.32. The molecule has 2 aromatic carbocycles. The van der Waals surface area contributed by atoms with Gasteiger partial charge in [0.05, 0.1) is 17.0 Å². The summed E-state index contributed by atoms with van der Waals surface area (Å²) in [5, 5.41) is 8.76. The molecule has 7 nitrogen and oxygen atoms in total. The molecule has 0 atom stereocenters. The van der Waals surface area contributed by atoms with Crippen molar-refractivity contribution in [1.29, 1.82) is 0 Å². The number of amides is 2. The van der Waals surface area contributed by atoms with Gasteiger partial charge >= 0.3 is 5.97 Å². The summed E-state index contributed by atoms with van der Waals surface area (Å²) < 4.78 is 11.3. The van der Waals surface area contributed by atoms with Gasteiger partial charge in [-0.1, -0.05) is 30.3 Å². The van der Waals surface area contributed by atoms with Crippen LogP contribution in [-0.4, -0.2) is 40.3 Å². The molecule has 0 aliphatic carbocycles. The Morgan fingerprint density at radius 2 is 1.87 bits per heavy atom. The second-order valence-electron chi connectivity index (χ2n) is 6.58. The number of rotatable bonds is 7. The number of ether oxygens (including phenoxy) is 1. The van der Waals surface area contributed by atoms with E-state index in [2.05, 4.69) is 0 Å². The first kappa shape index (κ1) is 20.5. The standard InChI is InChI=1S/C23H17NO6S/c25-21-20(31-23(28)24(21)11-12-29-17-7-2-1-3-8-17)14-18-9-10-19(30-18)15-5-4-6-16(13-15)22(26)27/h1-10,13-14H,11-12H2,(H,26,27)/b20-14-. The summed E-state index contributed by atoms with van der Waals surface area (Å²) in [4.78, 5) is 37.4. The average Bonchev–Trinajstić information content (AvgIpc) is 3.35. The molecule has 1 aromatic heterocycles. The van der Waals surface area contributed by atoms with Gasteiger partial charge in [0.1, 0.15) is 23.9 Å². The number of carboxylic acids is 1. The molecule has 2 amide bonds. The second kappa shape index (κ2) is 8.93. The van der Waals surface area contributed by atoms with Crippen LogP contribution < -0.4 is 4.74 Å². The molecule has 1 saturated heterocycles. The van der Waals surface area contributed by atoms with Crippen molar-refractivity contribution in [3.05, 3.63) is 83.0 Å². The number of aromatic carboxylic acids is 1. The number of nitrogens with zero attached hydrogens (tertiary/aromatic N) is 1. The molecule has 8 heteroatoms. The molecule has 1 N–H and O–H groups in total. The van der Waals surface area contributed by atoms with Gasteiger partial charge in [0.25, 0.3) is 11.1 Å². The predicted octanol–water partition coefficient (Wildman–Crippen LogP) is 4.76. The summed E-state index contributed by atoms with van der Waals surface area (Å²) in [5.74, 6) is 0.0859. The molecule has 2 heterocycles. The van der Waals surface area contributed by atoms with Gasteiger partial charge in [0.15, 0.2) is 0 Å². The van der Waals surface area contributed by atoms with E-state index < -0.39 is 11.9 Å². The highest BCUT2D eigenvalue weighted by Crippen LogP contribution is 2.33. The zero-order valence-electron chi connectivity index (χ0n) is 16.2. The van der Waals surface area contributed by atoms with Crippen molar-refractivity contribution in [2.24, 2.45) is 0 Å². The number of furan rings is 1. The third kappa shape index (κ3) is 4.70. The van der Waals surface area contributed by atoms with E-state index in [0.29, 0.717) is 22.8 Å². The Morgan fingerprint density at radius 1 is 1.06 bits per heavy atom. The van der Waals surface area contributed by atoms with Crippen LogP contribution in [0.5, 0.6) is 5.75 Å². The molecule has 0 saturated carbocycles. The van der Waals surface area contributed by atoms with Crippen molar-refractivity contribution < 1.29 is 28.6 Å². The summed E-state index contributed by atoms with van der Waals surface area (Å²) in [6.07, 6.45) is 1.51. The first-order valence-electron chi connectivity index (χ1n) is 9.38. The van der Waals surface area contributed by atoms with Gasteiger partial charge in [-0.3, -0.25) is 14.5 Å². The third-order valence-corrected chi connectivity index (χ3v) is 5.40. The lowest BCUT2D eigenvalue weighted by atomic mass is 10.1. The number of benzene rings is 2. The van der Waals surface area contributed by atoms with Crippen molar-refractivity contribution >= 4 is 35.0 Å². The molecule has 156 valence electrons. The van der Waals surface area contributed by atoms with Gasteiger partial charge in [-0.25, -0.2) is 4.79 Å². The van der Waals surface area contributed by atoms with Crippen LogP contribution in [-0.2, 0) is 4.79 Å². The average molecular weight is 435 g/mol. The minimum Gasteiger partial charge on any atom is -0.492 e. The van der Waals surface area contributed by atoms with E-state index in [0.717, 1.165) is 16.7 Å². The minimum atomic E-state index is -1.03. The Bertz CT molecular complexity index is 1170. The number of para-hydroxylation sites is 1. The summed E-state index contributed by atoms with van der Waals surface area (Å²) in [5.41, 5.74) is 0.750. The molecule has 0 spiro atoms. The smallest absolute Gasteiger partial charge is 0.335 e. The zero-order valence-corrected chi connectivity index (χ0v) is 17.0. The van der Waals surface area contributed by atoms with Gasteiger partial charge in [-0.15, -0.1) is 0 Å². The van der Waals surface area contributed by atoms with E-state index in [1.165, 1.54) is 18.2 Å². The molecule has 0 unspecified atom stereocenters. The van der Waals surface area contributed by atoms with E-state index in [4.69, 9.17) is 14.3 Å². The van der Waals surface area contributed by atoms with Crippen LogP contribution in [0.4, 0.5) is 4.79 Å². The first-order chi connectivity index (χ1) is 15.0. The number of hydrogen-bond donors (Lipinski definition) is 1. The van der Waals surface area contributed by atoms with Gasteiger partial charge in [-0.05, 0) is 48.2 Å². The number of imide groups is 1. The molecular formula is C23H17NO6S. The normalized spacial score (nSPS) is 15.0. The molecule has 1 aliphatic heterocycles. The summed E-state index contributed by atoms with van der Waals surface area (Å²) in [7, 11) is 0. The number of carbonyl (C=O) groups excluding carboxylic acids is 2. The third-order valence-electron chi connectivity index (χ3n) is 4.49. The maximum atomic E-state index is 12.6. The van der Waals surface area contributed by atoms with Crippen LogP contribution >= 0.6 is 11.8 Å². The minimum absolute atomic E-state index is 0.141. The lowest BCUT2D eigenvalue weighted by Gasteiger charge is -2.13.